The van der Waals surface area contributed by atoms with Crippen LogP contribution in [-0.4, -0.2) is 18.4 Å². The number of para-hydroxylation sites is 1. The summed E-state index contributed by atoms with van der Waals surface area (Å²) in [6, 6.07) is 10.9. The van der Waals surface area contributed by atoms with Crippen LogP contribution >= 0.6 is 23.2 Å². The van der Waals surface area contributed by atoms with Gasteiger partial charge >= 0.3 is 0 Å². The van der Waals surface area contributed by atoms with E-state index >= 15 is 0 Å². The van der Waals surface area contributed by atoms with Crippen molar-refractivity contribution in [2.45, 2.75) is 20.3 Å². The van der Waals surface area contributed by atoms with Crippen LogP contribution in [0.2, 0.25) is 10.0 Å². The Bertz CT molecular complexity index is 811. The number of nitrogens with zero attached hydrogens (tertiary/aromatic N) is 1. The Morgan fingerprint density at radius 3 is 2.32 bits per heavy atom. The van der Waals surface area contributed by atoms with Crippen molar-refractivity contribution in [3.8, 4) is 0 Å². The molecule has 0 saturated carbocycles. The lowest BCUT2D eigenvalue weighted by Gasteiger charge is -2.19. The van der Waals surface area contributed by atoms with Gasteiger partial charge in [-0.2, -0.15) is 0 Å². The van der Waals surface area contributed by atoms with E-state index in [1.165, 1.54) is 4.90 Å². The number of anilines is 2. The third kappa shape index (κ3) is 3.80. The van der Waals surface area contributed by atoms with Crippen molar-refractivity contribution in [3.05, 3.63) is 57.6 Å². The van der Waals surface area contributed by atoms with Gasteiger partial charge in [-0.25, -0.2) is 0 Å². The zero-order valence-corrected chi connectivity index (χ0v) is 15.5. The van der Waals surface area contributed by atoms with Crippen LogP contribution in [0.15, 0.2) is 36.4 Å². The average Bonchev–Trinajstić information content (AvgIpc) is 2.88. The standard InChI is InChI=1S/C19H18Cl2N2O2/c1-11-6-12(2)8-14(7-11)22-19(25)13-9-17(24)23(10-13)18-15(20)4-3-5-16(18)21/h3-8,13H,9-10H2,1-2H3,(H,22,25). The number of rotatable bonds is 3. The molecule has 1 unspecified atom stereocenters. The van der Waals surface area contributed by atoms with E-state index < -0.39 is 5.92 Å². The van der Waals surface area contributed by atoms with Crippen molar-refractivity contribution >= 4 is 46.4 Å². The Morgan fingerprint density at radius 2 is 1.72 bits per heavy atom. The van der Waals surface area contributed by atoms with Crippen LogP contribution in [0.1, 0.15) is 17.5 Å². The lowest BCUT2D eigenvalue weighted by molar-refractivity contribution is -0.122. The SMILES string of the molecule is Cc1cc(C)cc(NC(=O)C2CC(=O)N(c3c(Cl)cccc3Cl)C2)c1. The third-order valence-corrected chi connectivity index (χ3v) is 4.80. The van der Waals surface area contributed by atoms with Gasteiger partial charge in [0.15, 0.2) is 0 Å². The summed E-state index contributed by atoms with van der Waals surface area (Å²) in [6.07, 6.45) is 0.137. The number of hydrogen-bond donors (Lipinski definition) is 1. The fourth-order valence-corrected chi connectivity index (χ4v) is 3.74. The zero-order chi connectivity index (χ0) is 18.1. The summed E-state index contributed by atoms with van der Waals surface area (Å²) < 4.78 is 0. The Kier molecular flexibility index (Phi) is 5.02. The smallest absolute Gasteiger partial charge is 0.229 e. The van der Waals surface area contributed by atoms with Gasteiger partial charge in [0.25, 0.3) is 0 Å². The molecule has 0 spiro atoms. The second kappa shape index (κ2) is 7.06. The first-order valence-corrected chi connectivity index (χ1v) is 8.74. The molecule has 0 radical (unpaired) electrons. The highest BCUT2D eigenvalue weighted by Gasteiger charge is 2.36. The fourth-order valence-electron chi connectivity index (χ4n) is 3.14. The van der Waals surface area contributed by atoms with Gasteiger partial charge in [-0.15, -0.1) is 0 Å². The molecule has 130 valence electrons. The topological polar surface area (TPSA) is 49.4 Å². The number of carbonyl (C=O) groups is 2. The molecule has 0 aliphatic carbocycles. The molecular formula is C19H18Cl2N2O2. The van der Waals surface area contributed by atoms with Crippen molar-refractivity contribution in [1.29, 1.82) is 0 Å². The first kappa shape index (κ1) is 17.8. The van der Waals surface area contributed by atoms with E-state index in [1.807, 2.05) is 32.0 Å². The highest BCUT2D eigenvalue weighted by Crippen LogP contribution is 2.37. The number of aryl methyl sites for hydroxylation is 2. The lowest BCUT2D eigenvalue weighted by Crippen LogP contribution is -2.28. The van der Waals surface area contributed by atoms with Crippen LogP contribution in [-0.2, 0) is 9.59 Å². The minimum atomic E-state index is -0.444. The monoisotopic (exact) mass is 376 g/mol. The normalized spacial score (nSPS) is 17.0. The molecule has 1 atom stereocenters. The number of nitrogens with one attached hydrogen (secondary N) is 1. The number of hydrogen-bond acceptors (Lipinski definition) is 2. The maximum absolute atomic E-state index is 12.6. The van der Waals surface area contributed by atoms with E-state index in [2.05, 4.69) is 5.32 Å². The molecule has 2 aromatic rings. The molecule has 4 nitrogen and oxygen atoms in total. The van der Waals surface area contributed by atoms with Gasteiger partial charge in [0.2, 0.25) is 11.8 Å². The van der Waals surface area contributed by atoms with Crippen LogP contribution in [0.4, 0.5) is 11.4 Å². The lowest BCUT2D eigenvalue weighted by atomic mass is 10.1. The molecule has 1 N–H and O–H groups in total. The van der Waals surface area contributed by atoms with E-state index in [4.69, 9.17) is 23.2 Å². The van der Waals surface area contributed by atoms with Gasteiger partial charge < -0.3 is 10.2 Å². The van der Waals surface area contributed by atoms with Gasteiger partial charge in [-0.05, 0) is 49.2 Å². The van der Waals surface area contributed by atoms with Crippen LogP contribution in [0.5, 0.6) is 0 Å². The molecule has 1 heterocycles. The molecule has 0 bridgehead atoms. The summed E-state index contributed by atoms with van der Waals surface area (Å²) in [7, 11) is 0. The van der Waals surface area contributed by atoms with E-state index in [0.29, 0.717) is 15.7 Å². The maximum Gasteiger partial charge on any atom is 0.229 e. The van der Waals surface area contributed by atoms with E-state index in [9.17, 15) is 9.59 Å². The van der Waals surface area contributed by atoms with Crippen molar-refractivity contribution in [1.82, 2.24) is 0 Å². The van der Waals surface area contributed by atoms with Crippen molar-refractivity contribution < 1.29 is 9.59 Å². The maximum atomic E-state index is 12.6. The van der Waals surface area contributed by atoms with Crippen LogP contribution in [0.3, 0.4) is 0 Å². The zero-order valence-electron chi connectivity index (χ0n) is 14.0. The minimum Gasteiger partial charge on any atom is -0.326 e. The van der Waals surface area contributed by atoms with Crippen molar-refractivity contribution in [2.24, 2.45) is 5.92 Å². The van der Waals surface area contributed by atoms with Gasteiger partial charge in [-0.3, -0.25) is 9.59 Å². The second-order valence-electron chi connectivity index (χ2n) is 6.34. The van der Waals surface area contributed by atoms with Gasteiger partial charge in [0.1, 0.15) is 0 Å². The van der Waals surface area contributed by atoms with Crippen molar-refractivity contribution in [3.63, 3.8) is 0 Å². The predicted octanol–water partition coefficient (Wildman–Crippen LogP) is 4.60. The Labute approximate surface area is 156 Å². The molecule has 1 saturated heterocycles. The van der Waals surface area contributed by atoms with Crippen LogP contribution < -0.4 is 10.2 Å². The summed E-state index contributed by atoms with van der Waals surface area (Å²) in [5.41, 5.74) is 3.35. The number of benzene rings is 2. The molecule has 25 heavy (non-hydrogen) atoms. The minimum absolute atomic E-state index is 0.137. The quantitative estimate of drug-likeness (QED) is 0.850. The first-order chi connectivity index (χ1) is 11.8. The molecule has 2 aromatic carbocycles. The molecule has 3 rings (SSSR count). The number of halogens is 2. The highest BCUT2D eigenvalue weighted by molar-refractivity contribution is 6.40. The average molecular weight is 377 g/mol. The molecule has 6 heteroatoms. The fraction of sp³-hybridized carbons (Fsp3) is 0.263. The second-order valence-corrected chi connectivity index (χ2v) is 7.16. The number of amides is 2. The van der Waals surface area contributed by atoms with E-state index in [1.54, 1.807) is 18.2 Å². The molecule has 0 aromatic heterocycles. The third-order valence-electron chi connectivity index (χ3n) is 4.19. The summed E-state index contributed by atoms with van der Waals surface area (Å²) in [5, 5.41) is 3.70. The van der Waals surface area contributed by atoms with Gasteiger partial charge in [0, 0.05) is 18.7 Å². The summed E-state index contributed by atoms with van der Waals surface area (Å²) >= 11 is 12.4. The number of carbonyl (C=O) groups excluding carboxylic acids is 2. The molecule has 1 fully saturated rings. The Hall–Kier alpha value is -2.04. The summed E-state index contributed by atoms with van der Waals surface area (Å²) in [5.74, 6) is -0.778. The van der Waals surface area contributed by atoms with Gasteiger partial charge in [0.05, 0.1) is 21.7 Å². The summed E-state index contributed by atoms with van der Waals surface area (Å²) in [4.78, 5) is 26.5. The Balaban J connectivity index is 1.77. The van der Waals surface area contributed by atoms with Crippen molar-refractivity contribution in [2.75, 3.05) is 16.8 Å². The predicted molar refractivity (Wildman–Crippen MR) is 101 cm³/mol. The van der Waals surface area contributed by atoms with Crippen LogP contribution in [0.25, 0.3) is 0 Å². The largest absolute Gasteiger partial charge is 0.326 e. The molecule has 1 aliphatic rings. The van der Waals surface area contributed by atoms with E-state index in [-0.39, 0.29) is 24.8 Å². The highest BCUT2D eigenvalue weighted by atomic mass is 35.5. The molecular weight excluding hydrogens is 359 g/mol. The Morgan fingerprint density at radius 1 is 1.12 bits per heavy atom. The molecule has 2 amide bonds. The van der Waals surface area contributed by atoms with Crippen LogP contribution in [0, 0.1) is 19.8 Å². The summed E-state index contributed by atoms with van der Waals surface area (Å²) in [6.45, 7) is 4.21. The van der Waals surface area contributed by atoms with Gasteiger partial charge in [-0.1, -0.05) is 35.3 Å². The first-order valence-electron chi connectivity index (χ1n) is 7.98. The molecule has 1 aliphatic heterocycles. The van der Waals surface area contributed by atoms with E-state index in [0.717, 1.165) is 16.8 Å².